The third-order valence-electron chi connectivity index (χ3n) is 3.68. The molecule has 0 spiro atoms. The van der Waals surface area contributed by atoms with E-state index in [1.54, 1.807) is 0 Å². The van der Waals surface area contributed by atoms with E-state index in [1.807, 2.05) is 0 Å². The molecule has 6 nitrogen and oxygen atoms in total. The van der Waals surface area contributed by atoms with Crippen LogP contribution in [0, 0.1) is 0 Å². The summed E-state index contributed by atoms with van der Waals surface area (Å²) in [6.45, 7) is 8.14. The quantitative estimate of drug-likeness (QED) is 0.225. The van der Waals surface area contributed by atoms with Gasteiger partial charge in [0.1, 0.15) is 0 Å². The van der Waals surface area contributed by atoms with Crippen molar-refractivity contribution in [3.8, 4) is 0 Å². The van der Waals surface area contributed by atoms with Crippen molar-refractivity contribution in [3.63, 3.8) is 0 Å². The molecule has 6 heteroatoms. The highest BCUT2D eigenvalue weighted by atomic mass is 16.5. The summed E-state index contributed by atoms with van der Waals surface area (Å²) in [4.78, 5) is 21.4. The molecular weight excluding hydrogens is 348 g/mol. The first-order chi connectivity index (χ1) is 13.1. The first-order valence-corrected chi connectivity index (χ1v) is 9.92. The molecule has 0 unspecified atom stereocenters. The fourth-order valence-corrected chi connectivity index (χ4v) is 2.13. The molecule has 0 aromatic rings. The fourth-order valence-electron chi connectivity index (χ4n) is 2.13. The van der Waals surface area contributed by atoms with Gasteiger partial charge in [-0.3, -0.25) is 0 Å². The highest BCUT2D eigenvalue weighted by Gasteiger charge is 1.97. The average Bonchev–Trinajstić information content (AvgIpc) is 2.69. The van der Waals surface area contributed by atoms with E-state index in [-0.39, 0.29) is 11.9 Å². The van der Waals surface area contributed by atoms with E-state index in [0.29, 0.717) is 26.4 Å². The van der Waals surface area contributed by atoms with Gasteiger partial charge in [0.15, 0.2) is 0 Å². The van der Waals surface area contributed by atoms with Gasteiger partial charge in [-0.2, -0.15) is 0 Å². The molecule has 0 aromatic heterocycles. The Kier molecular flexibility index (Phi) is 24.8. The number of esters is 2. The minimum atomic E-state index is -0.374. The summed E-state index contributed by atoms with van der Waals surface area (Å²) in [7, 11) is 0. The van der Waals surface area contributed by atoms with E-state index >= 15 is 0 Å². The predicted molar refractivity (Wildman–Crippen MR) is 107 cm³/mol. The summed E-state index contributed by atoms with van der Waals surface area (Å²) >= 11 is 0. The molecule has 27 heavy (non-hydrogen) atoms. The zero-order chi connectivity index (χ0) is 20.6. The molecule has 0 heterocycles. The highest BCUT2D eigenvalue weighted by Crippen LogP contribution is 2.04. The SMILES string of the molecule is C=CC(=O)OCCCCCCCOC(=O)C=C.OCCCCCCCCO. The van der Waals surface area contributed by atoms with Crippen molar-refractivity contribution >= 4 is 11.9 Å². The Labute approximate surface area is 164 Å². The molecule has 0 saturated heterocycles. The second-order valence-electron chi connectivity index (χ2n) is 6.08. The third-order valence-corrected chi connectivity index (χ3v) is 3.68. The Morgan fingerprint density at radius 3 is 1.19 bits per heavy atom. The lowest BCUT2D eigenvalue weighted by molar-refractivity contribution is -0.138. The highest BCUT2D eigenvalue weighted by molar-refractivity contribution is 5.81. The molecule has 2 N–H and O–H groups in total. The Morgan fingerprint density at radius 2 is 0.889 bits per heavy atom. The van der Waals surface area contributed by atoms with Crippen molar-refractivity contribution in [1.82, 2.24) is 0 Å². The lowest BCUT2D eigenvalue weighted by Gasteiger charge is -2.03. The molecule has 0 saturated carbocycles. The zero-order valence-corrected chi connectivity index (χ0v) is 16.7. The van der Waals surface area contributed by atoms with E-state index < -0.39 is 0 Å². The van der Waals surface area contributed by atoms with Gasteiger partial charge >= 0.3 is 11.9 Å². The van der Waals surface area contributed by atoms with E-state index in [2.05, 4.69) is 13.2 Å². The Morgan fingerprint density at radius 1 is 0.593 bits per heavy atom. The lowest BCUT2D eigenvalue weighted by atomic mass is 10.1. The van der Waals surface area contributed by atoms with Crippen LogP contribution in [0.3, 0.4) is 0 Å². The van der Waals surface area contributed by atoms with Crippen molar-refractivity contribution in [3.05, 3.63) is 25.3 Å². The van der Waals surface area contributed by atoms with Crippen LogP contribution in [0.15, 0.2) is 25.3 Å². The maximum Gasteiger partial charge on any atom is 0.330 e. The summed E-state index contributed by atoms with van der Waals surface area (Å²) < 4.78 is 9.65. The van der Waals surface area contributed by atoms with E-state index in [4.69, 9.17) is 19.7 Å². The van der Waals surface area contributed by atoms with Gasteiger partial charge in [-0.1, -0.05) is 58.1 Å². The lowest BCUT2D eigenvalue weighted by Crippen LogP contribution is -2.02. The number of hydrogen-bond donors (Lipinski definition) is 2. The molecule has 0 fully saturated rings. The Bertz CT molecular complexity index is 334. The standard InChI is InChI=1S/C13H20O4.C8H18O2/c1-3-12(14)16-10-8-6-5-7-9-11-17-13(15)4-2;9-7-5-3-1-2-4-6-8-10/h3-4H,1-2,5-11H2;9-10H,1-8H2. The summed E-state index contributed by atoms with van der Waals surface area (Å²) in [6, 6.07) is 0. The Balaban J connectivity index is 0. The van der Waals surface area contributed by atoms with Crippen molar-refractivity contribution in [1.29, 1.82) is 0 Å². The number of carbonyl (C=O) groups excluding carboxylic acids is 2. The number of carbonyl (C=O) groups is 2. The van der Waals surface area contributed by atoms with Crippen molar-refractivity contribution in [2.45, 2.75) is 70.6 Å². The number of hydrogen-bond acceptors (Lipinski definition) is 6. The molecule has 0 aromatic carbocycles. The van der Waals surface area contributed by atoms with Gasteiger partial charge in [0.2, 0.25) is 0 Å². The maximum absolute atomic E-state index is 10.7. The molecule has 0 atom stereocenters. The minimum absolute atomic E-state index is 0.319. The number of ether oxygens (including phenoxy) is 2. The van der Waals surface area contributed by atoms with Crippen molar-refractivity contribution in [2.24, 2.45) is 0 Å². The van der Waals surface area contributed by atoms with Crippen LogP contribution in [0.1, 0.15) is 70.6 Å². The minimum Gasteiger partial charge on any atom is -0.463 e. The van der Waals surface area contributed by atoms with E-state index in [1.165, 1.54) is 12.8 Å². The van der Waals surface area contributed by atoms with Gasteiger partial charge in [0, 0.05) is 25.4 Å². The number of unbranched alkanes of at least 4 members (excludes halogenated alkanes) is 9. The topological polar surface area (TPSA) is 93.1 Å². The van der Waals surface area contributed by atoms with Gasteiger partial charge in [0.25, 0.3) is 0 Å². The summed E-state index contributed by atoms with van der Waals surface area (Å²) in [5, 5.41) is 16.9. The normalized spacial score (nSPS) is 9.70. The van der Waals surface area contributed by atoms with Crippen LogP contribution in [-0.2, 0) is 19.1 Å². The molecular formula is C21H38O6. The second-order valence-corrected chi connectivity index (χ2v) is 6.08. The molecule has 0 radical (unpaired) electrons. The molecule has 0 aliphatic heterocycles. The van der Waals surface area contributed by atoms with Crippen LogP contribution in [-0.4, -0.2) is 48.6 Å². The predicted octanol–water partition coefficient (Wildman–Crippen LogP) is 3.71. The maximum atomic E-state index is 10.7. The fraction of sp³-hybridized carbons (Fsp3) is 0.714. The molecule has 0 aliphatic carbocycles. The van der Waals surface area contributed by atoms with Crippen LogP contribution >= 0.6 is 0 Å². The van der Waals surface area contributed by atoms with Gasteiger partial charge in [0.05, 0.1) is 13.2 Å². The zero-order valence-electron chi connectivity index (χ0n) is 16.7. The van der Waals surface area contributed by atoms with Crippen molar-refractivity contribution < 1.29 is 29.3 Å². The smallest absolute Gasteiger partial charge is 0.330 e. The first-order valence-electron chi connectivity index (χ1n) is 9.92. The molecule has 0 rings (SSSR count). The number of aliphatic hydroxyl groups excluding tert-OH is 2. The second kappa shape index (κ2) is 24.3. The van der Waals surface area contributed by atoms with Gasteiger partial charge < -0.3 is 19.7 Å². The first kappa shape index (κ1) is 27.6. The van der Waals surface area contributed by atoms with Crippen LogP contribution in [0.25, 0.3) is 0 Å². The van der Waals surface area contributed by atoms with Crippen LogP contribution < -0.4 is 0 Å². The van der Waals surface area contributed by atoms with E-state index in [9.17, 15) is 9.59 Å². The van der Waals surface area contributed by atoms with Gasteiger partial charge in [-0.15, -0.1) is 0 Å². The summed E-state index contributed by atoms with van der Waals surface area (Å²) in [5.41, 5.74) is 0. The monoisotopic (exact) mass is 386 g/mol. The summed E-state index contributed by atoms with van der Waals surface area (Å²) in [6.07, 6.45) is 13.6. The van der Waals surface area contributed by atoms with Crippen LogP contribution in [0.4, 0.5) is 0 Å². The molecule has 0 bridgehead atoms. The molecule has 0 amide bonds. The largest absolute Gasteiger partial charge is 0.463 e. The van der Waals surface area contributed by atoms with Crippen LogP contribution in [0.5, 0.6) is 0 Å². The van der Waals surface area contributed by atoms with Gasteiger partial charge in [-0.25, -0.2) is 9.59 Å². The third kappa shape index (κ3) is 26.7. The van der Waals surface area contributed by atoms with Crippen molar-refractivity contribution in [2.75, 3.05) is 26.4 Å². The molecule has 158 valence electrons. The Hall–Kier alpha value is -1.66. The average molecular weight is 387 g/mol. The molecule has 0 aliphatic rings. The van der Waals surface area contributed by atoms with Gasteiger partial charge in [-0.05, 0) is 25.7 Å². The van der Waals surface area contributed by atoms with Crippen LogP contribution in [0.2, 0.25) is 0 Å². The number of rotatable bonds is 17. The van der Waals surface area contributed by atoms with E-state index in [0.717, 1.165) is 69.9 Å². The summed E-state index contributed by atoms with van der Waals surface area (Å²) in [5.74, 6) is -0.748. The number of aliphatic hydroxyl groups is 2.